The van der Waals surface area contributed by atoms with E-state index < -0.39 is 77.7 Å². The van der Waals surface area contributed by atoms with Crippen LogP contribution in [-0.4, -0.2) is 116 Å². The van der Waals surface area contributed by atoms with Crippen molar-refractivity contribution in [3.05, 3.63) is 124 Å². The number of nitrogens with zero attached hydrogens (tertiary/aromatic N) is 2. The summed E-state index contributed by atoms with van der Waals surface area (Å²) in [4.78, 5) is 101. The number of amides is 6. The molecule has 74 heavy (non-hydrogen) atoms. The fourth-order valence-corrected chi connectivity index (χ4v) is 9.01. The summed E-state index contributed by atoms with van der Waals surface area (Å²) >= 11 is 0. The van der Waals surface area contributed by atoms with E-state index >= 15 is 0 Å². The number of rotatable bonds is 23. The van der Waals surface area contributed by atoms with E-state index in [4.69, 9.17) is 14.2 Å². The van der Waals surface area contributed by atoms with Gasteiger partial charge in [0.2, 0.25) is 29.5 Å². The van der Waals surface area contributed by atoms with E-state index in [-0.39, 0.29) is 26.1 Å². The molecule has 4 N–H and O–H groups in total. The molecule has 16 heteroatoms. The van der Waals surface area contributed by atoms with Gasteiger partial charge in [0.15, 0.2) is 0 Å². The number of carbonyl (C=O) groups excluding carboxylic acids is 7. The maximum absolute atomic E-state index is 14.9. The number of aryl methyl sites for hydroxylation is 2. The van der Waals surface area contributed by atoms with Gasteiger partial charge in [0, 0.05) is 31.6 Å². The van der Waals surface area contributed by atoms with E-state index in [2.05, 4.69) is 28.2 Å². The number of unbranched alkanes of at least 4 members (excludes halogenated alkanes) is 5. The zero-order chi connectivity index (χ0) is 53.9. The highest BCUT2D eigenvalue weighted by atomic mass is 16.5. The Balaban J connectivity index is 1.41. The topological polar surface area (TPSA) is 202 Å². The Kier molecular flexibility index (Phi) is 22.2. The molecule has 6 atom stereocenters. The molecule has 1 aliphatic rings. The fraction of sp³-hybridized carbons (Fsp3) is 0.466. The van der Waals surface area contributed by atoms with Gasteiger partial charge in [-0.2, -0.15) is 0 Å². The number of nitrogens with one attached hydrogen (secondary N) is 4. The Labute approximate surface area is 436 Å². The van der Waals surface area contributed by atoms with Crippen molar-refractivity contribution in [3.63, 3.8) is 0 Å². The van der Waals surface area contributed by atoms with Crippen LogP contribution < -0.4 is 26.0 Å². The first kappa shape index (κ1) is 57.8. The average molecular weight is 1020 g/mol. The lowest BCUT2D eigenvalue weighted by Gasteiger charge is -2.33. The second kappa shape index (κ2) is 28.4. The third-order valence-corrected chi connectivity index (χ3v) is 13.6. The molecule has 4 aromatic rings. The van der Waals surface area contributed by atoms with E-state index in [1.165, 1.54) is 58.4 Å². The Morgan fingerprint density at radius 3 is 2.14 bits per heavy atom. The van der Waals surface area contributed by atoms with Gasteiger partial charge in [0.25, 0.3) is 5.91 Å². The fourth-order valence-electron chi connectivity index (χ4n) is 9.01. The van der Waals surface area contributed by atoms with Crippen LogP contribution in [-0.2, 0) is 57.7 Å². The molecular weight excluding hydrogens is 941 g/mol. The first-order chi connectivity index (χ1) is 35.5. The zero-order valence-corrected chi connectivity index (χ0v) is 44.6. The van der Waals surface area contributed by atoms with Crippen LogP contribution in [0, 0.1) is 6.92 Å². The summed E-state index contributed by atoms with van der Waals surface area (Å²) < 4.78 is 16.9. The van der Waals surface area contributed by atoms with Crippen molar-refractivity contribution in [2.45, 2.75) is 142 Å². The monoisotopic (exact) mass is 1020 g/mol. The maximum Gasteiger partial charge on any atom is 0.328 e. The van der Waals surface area contributed by atoms with E-state index in [0.29, 0.717) is 28.9 Å². The van der Waals surface area contributed by atoms with Crippen LogP contribution in [0.15, 0.2) is 91.0 Å². The Morgan fingerprint density at radius 2 is 1.46 bits per heavy atom. The van der Waals surface area contributed by atoms with Gasteiger partial charge in [-0.1, -0.05) is 119 Å². The van der Waals surface area contributed by atoms with Crippen molar-refractivity contribution >= 4 is 41.4 Å². The Hall–Kier alpha value is -7.07. The molecule has 0 unspecified atom stereocenters. The predicted octanol–water partition coefficient (Wildman–Crippen LogP) is 6.94. The minimum atomic E-state index is -1.33. The van der Waals surface area contributed by atoms with Crippen LogP contribution in [0.1, 0.15) is 123 Å². The largest absolute Gasteiger partial charge is 0.496 e. The first-order valence-electron chi connectivity index (χ1n) is 25.8. The lowest BCUT2D eigenvalue weighted by Crippen LogP contribution is -2.58. The molecule has 0 fully saturated rings. The summed E-state index contributed by atoms with van der Waals surface area (Å²) in [7, 11) is 5.74. The number of hydrogen-bond acceptors (Lipinski definition) is 10. The molecule has 4 bridgehead atoms. The molecule has 398 valence electrons. The predicted molar refractivity (Wildman–Crippen MR) is 284 cm³/mol. The second-order valence-corrected chi connectivity index (χ2v) is 19.2. The highest BCUT2D eigenvalue weighted by Gasteiger charge is 2.37. The lowest BCUT2D eigenvalue weighted by atomic mass is 9.91. The maximum atomic E-state index is 14.9. The Morgan fingerprint density at radius 1 is 0.757 bits per heavy atom. The number of likely N-dealkylation sites (N-methyl/N-ethyl adjacent to an activating group) is 2. The summed E-state index contributed by atoms with van der Waals surface area (Å²) in [6, 6.07) is 20.5. The average Bonchev–Trinajstić information content (AvgIpc) is 3.40. The van der Waals surface area contributed by atoms with Crippen molar-refractivity contribution in [2.24, 2.45) is 0 Å². The summed E-state index contributed by atoms with van der Waals surface area (Å²) in [5.74, 6) is -3.84. The molecule has 0 aromatic heterocycles. The van der Waals surface area contributed by atoms with Gasteiger partial charge < -0.3 is 45.3 Å². The number of benzene rings is 4. The summed E-state index contributed by atoms with van der Waals surface area (Å²) in [6.45, 7) is 9.05. The quantitative estimate of drug-likeness (QED) is 0.0446. The third-order valence-electron chi connectivity index (χ3n) is 13.6. The minimum absolute atomic E-state index is 0.108. The van der Waals surface area contributed by atoms with Crippen molar-refractivity contribution < 1.29 is 47.8 Å². The van der Waals surface area contributed by atoms with Gasteiger partial charge in [-0.25, -0.2) is 4.79 Å². The number of carbonyl (C=O) groups is 7. The van der Waals surface area contributed by atoms with Gasteiger partial charge in [-0.05, 0) is 97.7 Å². The van der Waals surface area contributed by atoms with Crippen LogP contribution in [0.3, 0.4) is 0 Å². The molecule has 0 radical (unpaired) electrons. The lowest BCUT2D eigenvalue weighted by molar-refractivity contribution is -0.145. The highest BCUT2D eigenvalue weighted by molar-refractivity contribution is 5.99. The molecule has 5 rings (SSSR count). The number of hydrogen-bond donors (Lipinski definition) is 4. The van der Waals surface area contributed by atoms with Crippen LogP contribution in [0.4, 0.5) is 0 Å². The highest BCUT2D eigenvalue weighted by Crippen LogP contribution is 2.37. The van der Waals surface area contributed by atoms with Gasteiger partial charge >= 0.3 is 5.97 Å². The molecule has 0 saturated carbocycles. The van der Waals surface area contributed by atoms with Crippen LogP contribution in [0.5, 0.6) is 5.75 Å². The molecule has 1 aliphatic heterocycles. The summed E-state index contributed by atoms with van der Waals surface area (Å²) in [5, 5.41) is 11.1. The zero-order valence-electron chi connectivity index (χ0n) is 44.6. The van der Waals surface area contributed by atoms with Gasteiger partial charge in [-0.15, -0.1) is 0 Å². The van der Waals surface area contributed by atoms with Gasteiger partial charge in [0.1, 0.15) is 42.0 Å². The molecule has 0 aliphatic carbocycles. The molecule has 1 heterocycles. The third kappa shape index (κ3) is 15.7. The molecule has 6 amide bonds. The van der Waals surface area contributed by atoms with Gasteiger partial charge in [-0.3, -0.25) is 28.8 Å². The van der Waals surface area contributed by atoms with E-state index in [1.54, 1.807) is 30.3 Å². The van der Waals surface area contributed by atoms with Crippen LogP contribution in [0.25, 0.3) is 11.1 Å². The summed E-state index contributed by atoms with van der Waals surface area (Å²) in [6.07, 6.45) is 7.82. The number of ether oxygens (including phenoxy) is 3. The van der Waals surface area contributed by atoms with Crippen molar-refractivity contribution in [1.82, 2.24) is 31.1 Å². The van der Waals surface area contributed by atoms with Crippen molar-refractivity contribution in [2.75, 3.05) is 34.9 Å². The minimum Gasteiger partial charge on any atom is -0.496 e. The molecule has 0 spiro atoms. The smallest absolute Gasteiger partial charge is 0.328 e. The standard InChI is InChI=1S/C58H76N6O10/c1-10-12-14-17-20-40-26-28-43(29-27-40)56(69)63(6)49(36-74-35-41-21-18-15-19-22-41)54(67)59-38(4)52(65)61-47(23-16-13-11-2)57(70)64(7)51-44-30-31-50(72-8)46(34-44)45-32-42(25-24-37(45)3)33-48(58(71)73-9)62-53(66)39(5)60-55(51)68/h15,18-19,21-22,24-32,34,38-39,47-49,51H,10-14,16-17,20,23,33,35-36H2,1-9H3,(H,59,67)(H,60,68)(H,61,65)(H,62,66)/t38-,39+,47+,48+,49-,51+/m1/s1. The van der Waals surface area contributed by atoms with Gasteiger partial charge in [0.05, 0.1) is 27.4 Å². The molecular formula is C58H76N6O10. The van der Waals surface area contributed by atoms with Crippen LogP contribution in [0.2, 0.25) is 0 Å². The molecule has 16 nitrogen and oxygen atoms in total. The Bertz CT molecular complexity index is 2550. The van der Waals surface area contributed by atoms with E-state index in [1.807, 2.05) is 74.5 Å². The van der Waals surface area contributed by atoms with Crippen molar-refractivity contribution in [3.8, 4) is 16.9 Å². The first-order valence-corrected chi connectivity index (χ1v) is 25.8. The van der Waals surface area contributed by atoms with E-state index in [9.17, 15) is 33.6 Å². The van der Waals surface area contributed by atoms with Crippen LogP contribution >= 0.6 is 0 Å². The SMILES string of the molecule is CCCCCCc1ccc(C(=O)N(C)[C@H](COCc2ccccc2)C(=O)N[C@H](C)C(=O)N[C@@H](CCCCC)C(=O)N(C)[C@@H]2C(=O)N[C@@H](C)C(=O)N[C@H](C(=O)OC)Cc3ccc(C)c(c3)-c3cc2ccc3OC)cc1. The number of esters is 1. The second-order valence-electron chi connectivity index (χ2n) is 19.2. The number of fused-ring (bicyclic) bond motifs is 5. The van der Waals surface area contributed by atoms with E-state index in [0.717, 1.165) is 66.3 Å². The van der Waals surface area contributed by atoms with Crippen molar-refractivity contribution in [1.29, 1.82) is 0 Å². The molecule has 0 saturated heterocycles. The normalized spacial score (nSPS) is 16.7. The number of methoxy groups -OCH3 is 2. The molecule has 4 aromatic carbocycles. The summed E-state index contributed by atoms with van der Waals surface area (Å²) in [5.41, 5.74) is 5.72.